The van der Waals surface area contributed by atoms with Gasteiger partial charge in [-0.25, -0.2) is 0 Å². The number of carbonyl (C=O) groups is 1. The summed E-state index contributed by atoms with van der Waals surface area (Å²) in [7, 11) is 1.17. The van der Waals surface area contributed by atoms with Gasteiger partial charge >= 0.3 is 12.1 Å². The van der Waals surface area contributed by atoms with Gasteiger partial charge in [0.15, 0.2) is 0 Å². The van der Waals surface area contributed by atoms with E-state index in [0.29, 0.717) is 12.0 Å². The van der Waals surface area contributed by atoms with Gasteiger partial charge in [0.05, 0.1) is 13.0 Å². The summed E-state index contributed by atoms with van der Waals surface area (Å²) in [5.41, 5.74) is 0.670. The maximum absolute atomic E-state index is 12.8. The van der Waals surface area contributed by atoms with Crippen LogP contribution < -0.4 is 0 Å². The van der Waals surface area contributed by atoms with Crippen LogP contribution in [-0.4, -0.2) is 19.3 Å². The Hall–Kier alpha value is -1.00. The van der Waals surface area contributed by atoms with Crippen LogP contribution in [-0.2, 0) is 9.53 Å². The number of alkyl halides is 3. The van der Waals surface area contributed by atoms with E-state index < -0.39 is 24.0 Å². The van der Waals surface area contributed by atoms with Crippen molar-refractivity contribution in [3.63, 3.8) is 0 Å². The maximum atomic E-state index is 12.8. The van der Waals surface area contributed by atoms with Gasteiger partial charge < -0.3 is 4.74 Å². The molecule has 2 unspecified atom stereocenters. The number of esters is 1. The monoisotopic (exact) mass is 252 g/mol. The largest absolute Gasteiger partial charge is 0.469 e. The molecule has 0 amide bonds. The third-order valence-corrected chi connectivity index (χ3v) is 2.73. The van der Waals surface area contributed by atoms with Gasteiger partial charge in [0.25, 0.3) is 0 Å². The molecule has 100 valence electrons. The summed E-state index contributed by atoms with van der Waals surface area (Å²) in [4.78, 5) is 11.0. The van der Waals surface area contributed by atoms with Gasteiger partial charge in [0.2, 0.25) is 0 Å². The standard InChI is InChI=1S/C12H19F3O2/c1-5-8(2)6-10(12(13,14)15)9(3)7-11(16)17-4/h6,9-10H,5,7H2,1-4H3/b8-6-. The Morgan fingerprint density at radius 2 is 1.94 bits per heavy atom. The van der Waals surface area contributed by atoms with Crippen LogP contribution in [0.5, 0.6) is 0 Å². The summed E-state index contributed by atoms with van der Waals surface area (Å²) in [6, 6.07) is 0. The Balaban J connectivity index is 4.88. The molecule has 0 aromatic carbocycles. The minimum absolute atomic E-state index is 0.228. The molecule has 0 aliphatic carbocycles. The third kappa shape index (κ3) is 5.75. The lowest BCUT2D eigenvalue weighted by molar-refractivity contribution is -0.175. The smallest absolute Gasteiger partial charge is 0.395 e. The molecule has 0 bridgehead atoms. The number of hydrogen-bond acceptors (Lipinski definition) is 2. The Morgan fingerprint density at radius 1 is 1.41 bits per heavy atom. The first-order valence-electron chi connectivity index (χ1n) is 5.53. The second kappa shape index (κ2) is 6.67. The average molecular weight is 252 g/mol. The predicted molar refractivity (Wildman–Crippen MR) is 59.4 cm³/mol. The van der Waals surface area contributed by atoms with Crippen LogP contribution in [0.2, 0.25) is 0 Å². The van der Waals surface area contributed by atoms with Gasteiger partial charge in [-0.05, 0) is 19.3 Å². The molecule has 0 spiro atoms. The van der Waals surface area contributed by atoms with Gasteiger partial charge in [-0.1, -0.05) is 25.5 Å². The molecule has 0 saturated heterocycles. The molecule has 5 heteroatoms. The van der Waals surface area contributed by atoms with Crippen molar-refractivity contribution in [2.75, 3.05) is 7.11 Å². The van der Waals surface area contributed by atoms with Crippen LogP contribution >= 0.6 is 0 Å². The number of hydrogen-bond donors (Lipinski definition) is 0. The summed E-state index contributed by atoms with van der Waals surface area (Å²) in [5.74, 6) is -3.03. The van der Waals surface area contributed by atoms with Gasteiger partial charge in [-0.2, -0.15) is 13.2 Å². The van der Waals surface area contributed by atoms with Gasteiger partial charge in [-0.15, -0.1) is 0 Å². The first kappa shape index (κ1) is 16.0. The first-order chi connectivity index (χ1) is 7.72. The second-order valence-corrected chi connectivity index (χ2v) is 4.19. The fourth-order valence-electron chi connectivity index (χ4n) is 1.48. The fourth-order valence-corrected chi connectivity index (χ4v) is 1.48. The number of carbonyl (C=O) groups excluding carboxylic acids is 1. The number of allylic oxidation sites excluding steroid dienone is 2. The van der Waals surface area contributed by atoms with Crippen molar-refractivity contribution in [2.45, 2.75) is 39.8 Å². The molecule has 0 rings (SSSR count). The minimum atomic E-state index is -4.33. The van der Waals surface area contributed by atoms with E-state index in [1.54, 1.807) is 13.8 Å². The van der Waals surface area contributed by atoms with Crippen LogP contribution in [0, 0.1) is 11.8 Å². The normalized spacial score (nSPS) is 16.5. The van der Waals surface area contributed by atoms with E-state index in [-0.39, 0.29) is 6.42 Å². The van der Waals surface area contributed by atoms with Crippen molar-refractivity contribution in [3.05, 3.63) is 11.6 Å². The SMILES string of the molecule is CC/C(C)=C\C(C(C)CC(=O)OC)C(F)(F)F. The van der Waals surface area contributed by atoms with Crippen molar-refractivity contribution in [2.24, 2.45) is 11.8 Å². The molecule has 2 nitrogen and oxygen atoms in total. The lowest BCUT2D eigenvalue weighted by Gasteiger charge is -2.23. The Morgan fingerprint density at radius 3 is 2.29 bits per heavy atom. The van der Waals surface area contributed by atoms with Gasteiger partial charge in [0.1, 0.15) is 0 Å². The van der Waals surface area contributed by atoms with E-state index in [9.17, 15) is 18.0 Å². The van der Waals surface area contributed by atoms with Gasteiger partial charge in [-0.3, -0.25) is 4.79 Å². The summed E-state index contributed by atoms with van der Waals surface area (Å²) >= 11 is 0. The molecule has 0 aromatic rings. The van der Waals surface area contributed by atoms with E-state index in [1.165, 1.54) is 20.1 Å². The molecule has 0 radical (unpaired) electrons. The third-order valence-electron chi connectivity index (χ3n) is 2.73. The van der Waals surface area contributed by atoms with Crippen LogP contribution in [0.15, 0.2) is 11.6 Å². The first-order valence-corrected chi connectivity index (χ1v) is 5.53. The van der Waals surface area contributed by atoms with Crippen LogP contribution in [0.4, 0.5) is 13.2 Å². The highest BCUT2D eigenvalue weighted by atomic mass is 19.4. The Labute approximate surface area is 99.8 Å². The van der Waals surface area contributed by atoms with E-state index in [2.05, 4.69) is 4.74 Å². The van der Waals surface area contributed by atoms with Crippen molar-refractivity contribution in [1.29, 1.82) is 0 Å². The lowest BCUT2D eigenvalue weighted by Crippen LogP contribution is -2.29. The molecule has 17 heavy (non-hydrogen) atoms. The topological polar surface area (TPSA) is 26.3 Å². The Bertz CT molecular complexity index is 282. The van der Waals surface area contributed by atoms with E-state index in [1.807, 2.05) is 0 Å². The zero-order valence-electron chi connectivity index (χ0n) is 10.6. The van der Waals surface area contributed by atoms with Crippen molar-refractivity contribution < 1.29 is 22.7 Å². The number of rotatable bonds is 5. The lowest BCUT2D eigenvalue weighted by atomic mass is 9.88. The number of ether oxygens (including phenoxy) is 1. The molecule has 0 saturated carbocycles. The average Bonchev–Trinajstić information content (AvgIpc) is 2.23. The maximum Gasteiger partial charge on any atom is 0.395 e. The number of halogens is 3. The molecular weight excluding hydrogens is 233 g/mol. The number of methoxy groups -OCH3 is 1. The molecule has 2 atom stereocenters. The molecule has 0 N–H and O–H groups in total. The molecule has 0 fully saturated rings. The van der Waals surface area contributed by atoms with Crippen LogP contribution in [0.25, 0.3) is 0 Å². The van der Waals surface area contributed by atoms with Crippen molar-refractivity contribution >= 4 is 5.97 Å². The fraction of sp³-hybridized carbons (Fsp3) is 0.750. The highest BCUT2D eigenvalue weighted by Crippen LogP contribution is 2.35. The zero-order chi connectivity index (χ0) is 13.6. The van der Waals surface area contributed by atoms with Crippen LogP contribution in [0.1, 0.15) is 33.6 Å². The molecule has 0 heterocycles. The second-order valence-electron chi connectivity index (χ2n) is 4.19. The van der Waals surface area contributed by atoms with E-state index in [4.69, 9.17) is 0 Å². The highest BCUT2D eigenvalue weighted by Gasteiger charge is 2.42. The molecular formula is C12H19F3O2. The summed E-state index contributed by atoms with van der Waals surface area (Å²) in [6.45, 7) is 4.86. The van der Waals surface area contributed by atoms with E-state index >= 15 is 0 Å². The minimum Gasteiger partial charge on any atom is -0.469 e. The van der Waals surface area contributed by atoms with Crippen LogP contribution in [0.3, 0.4) is 0 Å². The van der Waals surface area contributed by atoms with Crippen molar-refractivity contribution in [1.82, 2.24) is 0 Å². The van der Waals surface area contributed by atoms with Gasteiger partial charge in [0, 0.05) is 6.42 Å². The van der Waals surface area contributed by atoms with Crippen molar-refractivity contribution in [3.8, 4) is 0 Å². The summed E-state index contributed by atoms with van der Waals surface area (Å²) in [6.07, 6.45) is -2.79. The summed E-state index contributed by atoms with van der Waals surface area (Å²) < 4.78 is 42.9. The zero-order valence-corrected chi connectivity index (χ0v) is 10.6. The summed E-state index contributed by atoms with van der Waals surface area (Å²) in [5, 5.41) is 0. The predicted octanol–water partition coefficient (Wildman–Crippen LogP) is 3.72. The highest BCUT2D eigenvalue weighted by molar-refractivity contribution is 5.69. The molecule has 0 aliphatic rings. The van der Waals surface area contributed by atoms with E-state index in [0.717, 1.165) is 0 Å². The quantitative estimate of drug-likeness (QED) is 0.550. The Kier molecular flexibility index (Phi) is 6.27. The molecule has 0 aromatic heterocycles. The molecule has 0 aliphatic heterocycles.